The van der Waals surface area contributed by atoms with Crippen LogP contribution in [0, 0.1) is 0 Å². The number of carbonyl (C=O) groups is 1. The van der Waals surface area contributed by atoms with Gasteiger partial charge in [0.05, 0.1) is 0 Å². The van der Waals surface area contributed by atoms with Gasteiger partial charge in [-0.3, -0.25) is 9.89 Å². The highest BCUT2D eigenvalue weighted by molar-refractivity contribution is 7.99. The number of hydrogen-bond donors (Lipinski definition) is 3. The van der Waals surface area contributed by atoms with Crippen LogP contribution in [0.15, 0.2) is 70.7 Å². The smallest absolute Gasteiger partial charge is 0.255 e. The zero-order chi connectivity index (χ0) is 23.6. The molecule has 1 amide bonds. The van der Waals surface area contributed by atoms with Crippen LogP contribution in [0.25, 0.3) is 0 Å². The van der Waals surface area contributed by atoms with Crippen molar-refractivity contribution < 1.29 is 4.79 Å². The SMILES string of the molecule is O=C(Nc1ccc(Sc2nc(Nc3cc(C4CCC4)[nH]n3)nc(C3CC3)n2)cc1)c1ccccc1. The molecule has 2 aliphatic carbocycles. The van der Waals surface area contributed by atoms with Crippen molar-refractivity contribution >= 4 is 35.1 Å². The summed E-state index contributed by atoms with van der Waals surface area (Å²) >= 11 is 1.48. The third-order valence-electron chi connectivity index (χ3n) is 6.31. The minimum atomic E-state index is -0.132. The third kappa shape index (κ3) is 5.19. The molecule has 2 fully saturated rings. The van der Waals surface area contributed by atoms with E-state index in [9.17, 15) is 4.79 Å². The number of anilines is 3. The third-order valence-corrected chi connectivity index (χ3v) is 7.19. The molecule has 9 heteroatoms. The molecule has 176 valence electrons. The molecule has 2 aliphatic rings. The fraction of sp³-hybridized carbons (Fsp3) is 0.269. The van der Waals surface area contributed by atoms with E-state index in [2.05, 4.69) is 36.9 Å². The number of nitrogens with zero attached hydrogens (tertiary/aromatic N) is 4. The van der Waals surface area contributed by atoms with Crippen molar-refractivity contribution in [3.8, 4) is 0 Å². The van der Waals surface area contributed by atoms with E-state index >= 15 is 0 Å². The monoisotopic (exact) mass is 483 g/mol. The average molecular weight is 484 g/mol. The molecule has 3 N–H and O–H groups in total. The summed E-state index contributed by atoms with van der Waals surface area (Å²) in [6, 6.07) is 18.9. The first-order chi connectivity index (χ1) is 17.2. The second kappa shape index (κ2) is 9.50. The van der Waals surface area contributed by atoms with E-state index in [1.165, 1.54) is 36.7 Å². The molecule has 0 spiro atoms. The Balaban J connectivity index is 1.15. The van der Waals surface area contributed by atoms with Crippen LogP contribution < -0.4 is 10.6 Å². The van der Waals surface area contributed by atoms with Gasteiger partial charge in [0.2, 0.25) is 5.95 Å². The number of hydrogen-bond acceptors (Lipinski definition) is 7. The molecule has 6 rings (SSSR count). The molecule has 0 bridgehead atoms. The van der Waals surface area contributed by atoms with E-state index in [0.29, 0.717) is 28.5 Å². The largest absolute Gasteiger partial charge is 0.322 e. The van der Waals surface area contributed by atoms with Gasteiger partial charge in [-0.15, -0.1) is 0 Å². The Bertz CT molecular complexity index is 1330. The molecule has 0 aliphatic heterocycles. The first kappa shape index (κ1) is 21.8. The second-order valence-corrected chi connectivity index (χ2v) is 10.0. The number of benzene rings is 2. The van der Waals surface area contributed by atoms with Gasteiger partial charge in [-0.05, 0) is 73.8 Å². The highest BCUT2D eigenvalue weighted by Crippen LogP contribution is 2.40. The van der Waals surface area contributed by atoms with E-state index < -0.39 is 0 Å². The summed E-state index contributed by atoms with van der Waals surface area (Å²) in [6.45, 7) is 0. The lowest BCUT2D eigenvalue weighted by Gasteiger charge is -2.23. The molecule has 0 saturated heterocycles. The topological polar surface area (TPSA) is 108 Å². The van der Waals surface area contributed by atoms with E-state index in [4.69, 9.17) is 4.98 Å². The first-order valence-corrected chi connectivity index (χ1v) is 12.7. The Labute approximate surface area is 207 Å². The quantitative estimate of drug-likeness (QED) is 0.287. The van der Waals surface area contributed by atoms with E-state index in [0.717, 1.165) is 35.1 Å². The van der Waals surface area contributed by atoms with Crippen molar-refractivity contribution in [2.45, 2.75) is 54.0 Å². The van der Waals surface area contributed by atoms with Crippen molar-refractivity contribution in [1.82, 2.24) is 25.1 Å². The molecule has 0 unspecified atom stereocenters. The van der Waals surface area contributed by atoms with Crippen LogP contribution in [-0.2, 0) is 0 Å². The summed E-state index contributed by atoms with van der Waals surface area (Å²) in [4.78, 5) is 27.4. The lowest BCUT2D eigenvalue weighted by molar-refractivity contribution is 0.102. The standard InChI is InChI=1S/C26H25N7OS/c34-24(18-5-2-1-3-6-18)27-19-11-13-20(14-12-19)35-26-30-23(17-9-10-17)29-25(31-26)28-22-15-21(32-33-22)16-7-4-8-16/h1-3,5-6,11-17H,4,7-10H2,(H,27,34)(H2,28,29,30,31,32,33). The Kier molecular flexibility index (Phi) is 5.91. The van der Waals surface area contributed by atoms with E-state index in [1.54, 1.807) is 12.1 Å². The maximum Gasteiger partial charge on any atom is 0.255 e. The predicted molar refractivity (Wildman–Crippen MR) is 135 cm³/mol. The molecule has 4 aromatic rings. The molecular weight excluding hydrogens is 458 g/mol. The van der Waals surface area contributed by atoms with Crippen LogP contribution in [0.4, 0.5) is 17.5 Å². The number of carbonyl (C=O) groups excluding carboxylic acids is 1. The van der Waals surface area contributed by atoms with Gasteiger partial charge in [-0.25, -0.2) is 4.98 Å². The van der Waals surface area contributed by atoms with Gasteiger partial charge in [-0.1, -0.05) is 24.6 Å². The fourth-order valence-electron chi connectivity index (χ4n) is 3.95. The summed E-state index contributed by atoms with van der Waals surface area (Å²) < 4.78 is 0. The van der Waals surface area contributed by atoms with Crippen LogP contribution in [0.2, 0.25) is 0 Å². The molecule has 0 atom stereocenters. The number of aromatic amines is 1. The number of rotatable bonds is 8. The summed E-state index contributed by atoms with van der Waals surface area (Å²) in [7, 11) is 0. The van der Waals surface area contributed by atoms with Crippen LogP contribution >= 0.6 is 11.8 Å². The van der Waals surface area contributed by atoms with Gasteiger partial charge >= 0.3 is 0 Å². The summed E-state index contributed by atoms with van der Waals surface area (Å²) in [5.41, 5.74) is 2.53. The summed E-state index contributed by atoms with van der Waals surface area (Å²) in [6.07, 6.45) is 5.93. The zero-order valence-corrected chi connectivity index (χ0v) is 19.9. The van der Waals surface area contributed by atoms with Gasteiger partial charge in [0.15, 0.2) is 11.0 Å². The molecular formula is C26H25N7OS. The second-order valence-electron chi connectivity index (χ2n) is 8.98. The van der Waals surface area contributed by atoms with Gasteiger partial charge in [-0.2, -0.15) is 15.1 Å². The Morgan fingerprint density at radius 3 is 2.43 bits per heavy atom. The van der Waals surface area contributed by atoms with Crippen LogP contribution in [0.5, 0.6) is 0 Å². The molecule has 2 heterocycles. The van der Waals surface area contributed by atoms with Crippen molar-refractivity contribution in [3.63, 3.8) is 0 Å². The first-order valence-electron chi connectivity index (χ1n) is 11.9. The van der Waals surface area contributed by atoms with Crippen molar-refractivity contribution in [1.29, 1.82) is 0 Å². The van der Waals surface area contributed by atoms with E-state index in [-0.39, 0.29) is 5.91 Å². The predicted octanol–water partition coefficient (Wildman–Crippen LogP) is 5.89. The number of nitrogens with one attached hydrogen (secondary N) is 3. The molecule has 2 aromatic heterocycles. The minimum absolute atomic E-state index is 0.132. The Morgan fingerprint density at radius 1 is 0.914 bits per heavy atom. The van der Waals surface area contributed by atoms with Crippen molar-refractivity contribution in [2.24, 2.45) is 0 Å². The summed E-state index contributed by atoms with van der Waals surface area (Å²) in [5, 5.41) is 14.4. The van der Waals surface area contributed by atoms with Gasteiger partial charge in [0.1, 0.15) is 5.82 Å². The maximum absolute atomic E-state index is 12.4. The molecule has 2 saturated carbocycles. The highest BCUT2D eigenvalue weighted by Gasteiger charge is 2.28. The number of amides is 1. The lowest BCUT2D eigenvalue weighted by Crippen LogP contribution is -2.11. The molecule has 2 aromatic carbocycles. The normalized spacial score (nSPS) is 15.4. The van der Waals surface area contributed by atoms with Crippen molar-refractivity contribution in [3.05, 3.63) is 77.7 Å². The summed E-state index contributed by atoms with van der Waals surface area (Å²) in [5.74, 6) is 2.93. The van der Waals surface area contributed by atoms with Crippen LogP contribution in [0.3, 0.4) is 0 Å². The van der Waals surface area contributed by atoms with Crippen LogP contribution in [-0.4, -0.2) is 31.1 Å². The van der Waals surface area contributed by atoms with E-state index in [1.807, 2.05) is 42.5 Å². The van der Waals surface area contributed by atoms with Gasteiger partial charge < -0.3 is 10.6 Å². The lowest BCUT2D eigenvalue weighted by atomic mass is 9.83. The number of H-pyrrole nitrogens is 1. The zero-order valence-electron chi connectivity index (χ0n) is 19.1. The molecule has 0 radical (unpaired) electrons. The van der Waals surface area contributed by atoms with Gasteiger partial charge in [0, 0.05) is 39.7 Å². The molecule has 8 nitrogen and oxygen atoms in total. The van der Waals surface area contributed by atoms with Gasteiger partial charge in [0.25, 0.3) is 5.91 Å². The average Bonchev–Trinajstić information content (AvgIpc) is 3.60. The Morgan fingerprint density at radius 2 is 1.71 bits per heavy atom. The van der Waals surface area contributed by atoms with Crippen molar-refractivity contribution in [2.75, 3.05) is 10.6 Å². The fourth-order valence-corrected chi connectivity index (χ4v) is 4.70. The number of aromatic nitrogens is 5. The minimum Gasteiger partial charge on any atom is -0.322 e. The van der Waals surface area contributed by atoms with Crippen LogP contribution in [0.1, 0.15) is 65.8 Å². The Hall–Kier alpha value is -3.72. The molecule has 35 heavy (non-hydrogen) atoms. The maximum atomic E-state index is 12.4. The highest BCUT2D eigenvalue weighted by atomic mass is 32.2.